The molecule has 0 aliphatic carbocycles. The normalized spacial score (nSPS) is 18.9. The number of hydrogen-bond donors (Lipinski definition) is 3. The Morgan fingerprint density at radius 1 is 1.40 bits per heavy atom. The van der Waals surface area contributed by atoms with Gasteiger partial charge in [0, 0.05) is 24.8 Å². The average molecular weight is 277 g/mol. The molecule has 1 aromatic rings. The molecule has 0 spiro atoms. The van der Waals surface area contributed by atoms with Crippen molar-refractivity contribution in [3.8, 4) is 5.75 Å². The highest BCUT2D eigenvalue weighted by Crippen LogP contribution is 2.20. The lowest BCUT2D eigenvalue weighted by atomic mass is 10.1. The molecule has 1 fully saturated rings. The van der Waals surface area contributed by atoms with Gasteiger partial charge in [0.2, 0.25) is 0 Å². The average Bonchev–Trinajstić information content (AvgIpc) is 2.74. The predicted molar refractivity (Wildman–Crippen MR) is 80.1 cm³/mol. The van der Waals surface area contributed by atoms with Crippen molar-refractivity contribution in [3.63, 3.8) is 0 Å². The van der Waals surface area contributed by atoms with Crippen LogP contribution in [-0.2, 0) is 4.79 Å². The lowest BCUT2D eigenvalue weighted by molar-refractivity contribution is -0.122. The van der Waals surface area contributed by atoms with Crippen LogP contribution in [0.3, 0.4) is 0 Å². The van der Waals surface area contributed by atoms with E-state index in [4.69, 9.17) is 4.74 Å². The molecule has 1 unspecified atom stereocenters. The van der Waals surface area contributed by atoms with E-state index in [0.29, 0.717) is 11.8 Å². The number of carbonyl (C=O) groups excluding carboxylic acids is 1. The van der Waals surface area contributed by atoms with E-state index in [2.05, 4.69) is 16.0 Å². The summed E-state index contributed by atoms with van der Waals surface area (Å²) < 4.78 is 5.45. The van der Waals surface area contributed by atoms with Crippen LogP contribution in [-0.4, -0.2) is 38.7 Å². The summed E-state index contributed by atoms with van der Waals surface area (Å²) in [6, 6.07) is 8.28. The van der Waals surface area contributed by atoms with Gasteiger partial charge in [0.1, 0.15) is 5.75 Å². The molecule has 0 radical (unpaired) electrons. The van der Waals surface area contributed by atoms with Gasteiger partial charge in [0.15, 0.2) is 6.61 Å². The number of amides is 1. The maximum atomic E-state index is 11.2. The first-order valence-corrected chi connectivity index (χ1v) is 7.18. The number of ether oxygens (including phenoxy) is 1. The molecule has 0 aromatic heterocycles. The third kappa shape index (κ3) is 4.74. The molecule has 1 aliphatic heterocycles. The van der Waals surface area contributed by atoms with Gasteiger partial charge in [0.25, 0.3) is 5.91 Å². The second-order valence-electron chi connectivity index (χ2n) is 5.01. The molecule has 3 N–H and O–H groups in total. The molecule has 1 aromatic carbocycles. The fraction of sp³-hybridized carbons (Fsp3) is 0.533. The second kappa shape index (κ2) is 7.75. The van der Waals surface area contributed by atoms with E-state index in [-0.39, 0.29) is 12.5 Å². The van der Waals surface area contributed by atoms with Gasteiger partial charge in [-0.25, -0.2) is 0 Å². The Morgan fingerprint density at radius 3 is 3.15 bits per heavy atom. The first-order chi connectivity index (χ1) is 9.78. The fourth-order valence-electron chi connectivity index (χ4n) is 2.30. The molecule has 1 aliphatic rings. The molecule has 20 heavy (non-hydrogen) atoms. The lowest BCUT2D eigenvalue weighted by Crippen LogP contribution is -2.25. The van der Waals surface area contributed by atoms with Crippen molar-refractivity contribution in [3.05, 3.63) is 24.3 Å². The maximum Gasteiger partial charge on any atom is 0.257 e. The van der Waals surface area contributed by atoms with Crippen LogP contribution in [0.25, 0.3) is 0 Å². The minimum Gasteiger partial charge on any atom is -0.484 e. The van der Waals surface area contributed by atoms with Gasteiger partial charge >= 0.3 is 0 Å². The molecular formula is C15H23N3O2. The van der Waals surface area contributed by atoms with Crippen molar-refractivity contribution in [2.45, 2.75) is 25.3 Å². The van der Waals surface area contributed by atoms with E-state index < -0.39 is 0 Å². The van der Waals surface area contributed by atoms with Crippen molar-refractivity contribution in [2.24, 2.45) is 0 Å². The highest BCUT2D eigenvalue weighted by atomic mass is 16.5. The molecule has 0 bridgehead atoms. The fourth-order valence-corrected chi connectivity index (χ4v) is 2.30. The van der Waals surface area contributed by atoms with Crippen molar-refractivity contribution >= 4 is 11.6 Å². The van der Waals surface area contributed by atoms with Gasteiger partial charge < -0.3 is 20.7 Å². The summed E-state index contributed by atoms with van der Waals surface area (Å²) in [6.45, 7) is 2.21. The van der Waals surface area contributed by atoms with E-state index >= 15 is 0 Å². The Kier molecular flexibility index (Phi) is 5.68. The summed E-state index contributed by atoms with van der Waals surface area (Å²) in [6.07, 6.45) is 3.50. The first-order valence-electron chi connectivity index (χ1n) is 7.18. The number of carbonyl (C=O) groups is 1. The van der Waals surface area contributed by atoms with E-state index in [1.54, 1.807) is 7.05 Å². The summed E-state index contributed by atoms with van der Waals surface area (Å²) in [4.78, 5) is 11.2. The summed E-state index contributed by atoms with van der Waals surface area (Å²) in [5.41, 5.74) is 1.05. The zero-order chi connectivity index (χ0) is 14.2. The zero-order valence-corrected chi connectivity index (χ0v) is 11.9. The molecular weight excluding hydrogens is 254 g/mol. The number of rotatable bonds is 5. The Morgan fingerprint density at radius 2 is 2.30 bits per heavy atom. The summed E-state index contributed by atoms with van der Waals surface area (Å²) in [7, 11) is 1.60. The van der Waals surface area contributed by atoms with Gasteiger partial charge in [-0.05, 0) is 44.5 Å². The molecule has 5 nitrogen and oxygen atoms in total. The standard InChI is InChI=1S/C15H23N3O2/c1-16-15(19)11-20-14-6-2-4-13(10-14)18-12-5-3-8-17-9-7-12/h2,4,6,10,12,17-18H,3,5,7-9,11H2,1H3,(H,16,19). The van der Waals surface area contributed by atoms with Crippen LogP contribution in [0.1, 0.15) is 19.3 Å². The van der Waals surface area contributed by atoms with E-state index in [9.17, 15) is 4.79 Å². The molecule has 1 amide bonds. The predicted octanol–water partition coefficient (Wildman–Crippen LogP) is 1.37. The topological polar surface area (TPSA) is 62.4 Å². The van der Waals surface area contributed by atoms with Crippen LogP contribution in [0.5, 0.6) is 5.75 Å². The van der Waals surface area contributed by atoms with Gasteiger partial charge in [-0.15, -0.1) is 0 Å². The largest absolute Gasteiger partial charge is 0.484 e. The SMILES string of the molecule is CNC(=O)COc1cccc(NC2CCCNCC2)c1. The Bertz CT molecular complexity index is 429. The molecule has 110 valence electrons. The number of anilines is 1. The quantitative estimate of drug-likeness (QED) is 0.760. The van der Waals surface area contributed by atoms with Crippen LogP contribution in [0.4, 0.5) is 5.69 Å². The first kappa shape index (κ1) is 14.7. The minimum absolute atomic E-state index is 0.0489. The number of nitrogens with one attached hydrogen (secondary N) is 3. The van der Waals surface area contributed by atoms with Crippen LogP contribution in [0.2, 0.25) is 0 Å². The molecule has 5 heteroatoms. The highest BCUT2D eigenvalue weighted by molar-refractivity contribution is 5.77. The Hall–Kier alpha value is -1.75. The van der Waals surface area contributed by atoms with E-state index in [0.717, 1.165) is 25.2 Å². The highest BCUT2D eigenvalue weighted by Gasteiger charge is 2.11. The number of hydrogen-bond acceptors (Lipinski definition) is 4. The second-order valence-corrected chi connectivity index (χ2v) is 5.01. The van der Waals surface area contributed by atoms with Crippen molar-refractivity contribution in [1.82, 2.24) is 10.6 Å². The molecule has 2 rings (SSSR count). The lowest BCUT2D eigenvalue weighted by Gasteiger charge is -2.18. The summed E-state index contributed by atoms with van der Waals surface area (Å²) >= 11 is 0. The van der Waals surface area contributed by atoms with Crippen LogP contribution in [0, 0.1) is 0 Å². The van der Waals surface area contributed by atoms with Crippen LogP contribution < -0.4 is 20.7 Å². The maximum absolute atomic E-state index is 11.2. The smallest absolute Gasteiger partial charge is 0.257 e. The zero-order valence-electron chi connectivity index (χ0n) is 11.9. The number of benzene rings is 1. The Labute approximate surface area is 120 Å². The van der Waals surface area contributed by atoms with Crippen LogP contribution in [0.15, 0.2) is 24.3 Å². The van der Waals surface area contributed by atoms with Gasteiger partial charge in [-0.3, -0.25) is 4.79 Å². The van der Waals surface area contributed by atoms with Crippen molar-refractivity contribution < 1.29 is 9.53 Å². The van der Waals surface area contributed by atoms with Gasteiger partial charge in [0.05, 0.1) is 0 Å². The number of likely N-dealkylation sites (N-methyl/N-ethyl adjacent to an activating group) is 1. The molecule has 1 heterocycles. The van der Waals surface area contributed by atoms with Gasteiger partial charge in [-0.1, -0.05) is 6.07 Å². The van der Waals surface area contributed by atoms with Crippen LogP contribution >= 0.6 is 0 Å². The third-order valence-electron chi connectivity index (χ3n) is 3.43. The summed E-state index contributed by atoms with van der Waals surface area (Å²) in [5.74, 6) is 0.587. The van der Waals surface area contributed by atoms with Gasteiger partial charge in [-0.2, -0.15) is 0 Å². The van der Waals surface area contributed by atoms with Crippen molar-refractivity contribution in [1.29, 1.82) is 0 Å². The third-order valence-corrected chi connectivity index (χ3v) is 3.43. The monoisotopic (exact) mass is 277 g/mol. The molecule has 1 saturated heterocycles. The minimum atomic E-state index is -0.127. The summed E-state index contributed by atoms with van der Waals surface area (Å²) in [5, 5.41) is 9.48. The van der Waals surface area contributed by atoms with Crippen molar-refractivity contribution in [2.75, 3.05) is 32.1 Å². The van der Waals surface area contributed by atoms with E-state index in [1.807, 2.05) is 24.3 Å². The molecule has 1 atom stereocenters. The Balaban J connectivity index is 1.89. The van der Waals surface area contributed by atoms with E-state index in [1.165, 1.54) is 12.8 Å². The molecule has 0 saturated carbocycles.